The van der Waals surface area contributed by atoms with Crippen molar-refractivity contribution in [3.8, 4) is 5.75 Å². The van der Waals surface area contributed by atoms with Crippen LogP contribution in [0.4, 0.5) is 0 Å². The number of nitrogens with one attached hydrogen (secondary N) is 1. The predicted molar refractivity (Wildman–Crippen MR) is 104 cm³/mol. The van der Waals surface area contributed by atoms with Crippen LogP contribution in [0.2, 0.25) is 0 Å². The van der Waals surface area contributed by atoms with E-state index in [1.807, 2.05) is 54.6 Å². The van der Waals surface area contributed by atoms with Crippen molar-refractivity contribution in [2.45, 2.75) is 19.6 Å². The lowest BCUT2D eigenvalue weighted by molar-refractivity contribution is -0.122. The lowest BCUT2D eigenvalue weighted by Gasteiger charge is -2.21. The molecular weight excluding hydrogens is 340 g/mol. The van der Waals surface area contributed by atoms with E-state index in [9.17, 15) is 4.79 Å². The SMILES string of the molecule is COc1ccc(CNC(=O)CN(Cc2ccccc2)Cc2ccco2)cc1. The molecule has 1 N–H and O–H groups in total. The molecule has 0 aliphatic heterocycles. The summed E-state index contributed by atoms with van der Waals surface area (Å²) in [5, 5.41) is 2.98. The zero-order valence-corrected chi connectivity index (χ0v) is 15.4. The van der Waals surface area contributed by atoms with Crippen LogP contribution >= 0.6 is 0 Å². The van der Waals surface area contributed by atoms with E-state index in [1.54, 1.807) is 13.4 Å². The third kappa shape index (κ3) is 6.01. The van der Waals surface area contributed by atoms with Gasteiger partial charge >= 0.3 is 0 Å². The molecule has 0 aliphatic carbocycles. The van der Waals surface area contributed by atoms with Crippen LogP contribution in [0.15, 0.2) is 77.4 Å². The topological polar surface area (TPSA) is 54.7 Å². The average Bonchev–Trinajstić information content (AvgIpc) is 3.20. The van der Waals surface area contributed by atoms with E-state index in [1.165, 1.54) is 0 Å². The first-order chi connectivity index (χ1) is 13.2. The van der Waals surface area contributed by atoms with Crippen molar-refractivity contribution >= 4 is 5.91 Å². The molecule has 5 heteroatoms. The normalized spacial score (nSPS) is 10.7. The molecule has 1 heterocycles. The summed E-state index contributed by atoms with van der Waals surface area (Å²) < 4.78 is 10.6. The van der Waals surface area contributed by atoms with Gasteiger partial charge in [0.15, 0.2) is 0 Å². The van der Waals surface area contributed by atoms with Crippen molar-refractivity contribution in [1.29, 1.82) is 0 Å². The quantitative estimate of drug-likeness (QED) is 0.630. The van der Waals surface area contributed by atoms with E-state index in [-0.39, 0.29) is 5.91 Å². The second-order valence-corrected chi connectivity index (χ2v) is 6.33. The summed E-state index contributed by atoms with van der Waals surface area (Å²) in [5.74, 6) is 1.62. The standard InChI is InChI=1S/C22H24N2O3/c1-26-20-11-9-18(10-12-20)14-23-22(25)17-24(16-21-8-5-13-27-21)15-19-6-3-2-4-7-19/h2-13H,14-17H2,1H3,(H,23,25). The van der Waals surface area contributed by atoms with Crippen LogP contribution in [0, 0.1) is 0 Å². The van der Waals surface area contributed by atoms with Gasteiger partial charge in [0.1, 0.15) is 11.5 Å². The number of hydrogen-bond acceptors (Lipinski definition) is 4. The highest BCUT2D eigenvalue weighted by molar-refractivity contribution is 5.78. The molecule has 0 atom stereocenters. The van der Waals surface area contributed by atoms with Gasteiger partial charge in [-0.05, 0) is 35.4 Å². The van der Waals surface area contributed by atoms with Crippen molar-refractivity contribution in [1.82, 2.24) is 10.2 Å². The van der Waals surface area contributed by atoms with Crippen LogP contribution in [-0.4, -0.2) is 24.5 Å². The van der Waals surface area contributed by atoms with Gasteiger partial charge in [-0.2, -0.15) is 0 Å². The van der Waals surface area contributed by atoms with Crippen LogP contribution in [0.1, 0.15) is 16.9 Å². The summed E-state index contributed by atoms with van der Waals surface area (Å²) in [6, 6.07) is 21.6. The molecule has 0 saturated carbocycles. The van der Waals surface area contributed by atoms with Gasteiger partial charge in [-0.25, -0.2) is 0 Å². The monoisotopic (exact) mass is 364 g/mol. The van der Waals surface area contributed by atoms with Crippen molar-refractivity contribution in [3.05, 3.63) is 89.9 Å². The molecule has 1 aromatic heterocycles. The third-order valence-electron chi connectivity index (χ3n) is 4.22. The number of benzene rings is 2. The summed E-state index contributed by atoms with van der Waals surface area (Å²) in [4.78, 5) is 14.5. The van der Waals surface area contributed by atoms with Crippen LogP contribution < -0.4 is 10.1 Å². The lowest BCUT2D eigenvalue weighted by atomic mass is 10.2. The molecule has 27 heavy (non-hydrogen) atoms. The Morgan fingerprint density at radius 1 is 0.963 bits per heavy atom. The van der Waals surface area contributed by atoms with E-state index in [0.29, 0.717) is 26.2 Å². The number of nitrogens with zero attached hydrogens (tertiary/aromatic N) is 1. The first kappa shape index (κ1) is 18.7. The molecule has 0 aliphatic rings. The van der Waals surface area contributed by atoms with Gasteiger partial charge in [0, 0.05) is 13.1 Å². The fourth-order valence-electron chi connectivity index (χ4n) is 2.84. The zero-order valence-electron chi connectivity index (χ0n) is 15.4. The summed E-state index contributed by atoms with van der Waals surface area (Å²) in [7, 11) is 1.64. The molecular formula is C22H24N2O3. The van der Waals surface area contributed by atoms with Crippen LogP contribution in [0.25, 0.3) is 0 Å². The second-order valence-electron chi connectivity index (χ2n) is 6.33. The number of ether oxygens (including phenoxy) is 1. The van der Waals surface area contributed by atoms with E-state index >= 15 is 0 Å². The molecule has 0 unspecified atom stereocenters. The molecule has 3 rings (SSSR count). The average molecular weight is 364 g/mol. The van der Waals surface area contributed by atoms with Crippen LogP contribution in [-0.2, 0) is 24.4 Å². The molecule has 0 fully saturated rings. The largest absolute Gasteiger partial charge is 0.497 e. The number of amides is 1. The van der Waals surface area contributed by atoms with Crippen LogP contribution in [0.3, 0.4) is 0 Å². The Morgan fingerprint density at radius 2 is 1.74 bits per heavy atom. The molecule has 0 saturated heterocycles. The van der Waals surface area contributed by atoms with Gasteiger partial charge in [0.25, 0.3) is 0 Å². The Hall–Kier alpha value is -3.05. The highest BCUT2D eigenvalue weighted by atomic mass is 16.5. The maximum atomic E-state index is 12.5. The fraction of sp³-hybridized carbons (Fsp3) is 0.227. The van der Waals surface area contributed by atoms with Gasteiger partial charge < -0.3 is 14.5 Å². The highest BCUT2D eigenvalue weighted by Crippen LogP contribution is 2.12. The Bertz CT molecular complexity index is 815. The highest BCUT2D eigenvalue weighted by Gasteiger charge is 2.13. The molecule has 0 radical (unpaired) electrons. The van der Waals surface area contributed by atoms with Crippen molar-refractivity contribution < 1.29 is 13.9 Å². The summed E-state index contributed by atoms with van der Waals surface area (Å²) in [6.07, 6.45) is 1.65. The van der Waals surface area contributed by atoms with E-state index in [4.69, 9.17) is 9.15 Å². The predicted octanol–water partition coefficient (Wildman–Crippen LogP) is 3.61. The number of rotatable bonds is 9. The van der Waals surface area contributed by atoms with Crippen LogP contribution in [0.5, 0.6) is 5.75 Å². The van der Waals surface area contributed by atoms with Gasteiger partial charge in [0.2, 0.25) is 5.91 Å². The van der Waals surface area contributed by atoms with E-state index in [2.05, 4.69) is 22.3 Å². The van der Waals surface area contributed by atoms with Gasteiger partial charge in [-0.3, -0.25) is 9.69 Å². The number of carbonyl (C=O) groups is 1. The first-order valence-corrected chi connectivity index (χ1v) is 8.91. The molecule has 2 aromatic carbocycles. The number of carbonyl (C=O) groups excluding carboxylic acids is 1. The zero-order chi connectivity index (χ0) is 18.9. The Morgan fingerprint density at radius 3 is 2.41 bits per heavy atom. The molecule has 1 amide bonds. The van der Waals surface area contributed by atoms with Gasteiger partial charge in [0.05, 0.1) is 26.5 Å². The third-order valence-corrected chi connectivity index (χ3v) is 4.22. The second kappa shape index (κ2) is 9.59. The summed E-state index contributed by atoms with van der Waals surface area (Å²) >= 11 is 0. The van der Waals surface area contributed by atoms with Gasteiger partial charge in [-0.15, -0.1) is 0 Å². The minimum Gasteiger partial charge on any atom is -0.497 e. The Labute approximate surface area is 159 Å². The molecule has 5 nitrogen and oxygen atoms in total. The number of methoxy groups -OCH3 is 1. The van der Waals surface area contributed by atoms with Crippen molar-refractivity contribution in [3.63, 3.8) is 0 Å². The maximum absolute atomic E-state index is 12.5. The summed E-state index contributed by atoms with van der Waals surface area (Å²) in [5.41, 5.74) is 2.19. The smallest absolute Gasteiger partial charge is 0.234 e. The summed E-state index contributed by atoms with van der Waals surface area (Å²) in [6.45, 7) is 2.05. The van der Waals surface area contributed by atoms with E-state index < -0.39 is 0 Å². The maximum Gasteiger partial charge on any atom is 0.234 e. The number of hydrogen-bond donors (Lipinski definition) is 1. The van der Waals surface area contributed by atoms with Crippen molar-refractivity contribution in [2.24, 2.45) is 0 Å². The minimum atomic E-state index is -0.0201. The lowest BCUT2D eigenvalue weighted by Crippen LogP contribution is -2.36. The molecule has 0 bridgehead atoms. The molecule has 3 aromatic rings. The van der Waals surface area contributed by atoms with Crippen molar-refractivity contribution in [2.75, 3.05) is 13.7 Å². The number of furan rings is 1. The van der Waals surface area contributed by atoms with Gasteiger partial charge in [-0.1, -0.05) is 42.5 Å². The molecule has 0 spiro atoms. The minimum absolute atomic E-state index is 0.0201. The Kier molecular flexibility index (Phi) is 6.66. The van der Waals surface area contributed by atoms with E-state index in [0.717, 1.165) is 22.6 Å². The fourth-order valence-corrected chi connectivity index (χ4v) is 2.84. The molecule has 140 valence electrons. The Balaban J connectivity index is 1.57. The first-order valence-electron chi connectivity index (χ1n) is 8.91.